The molecule has 0 spiro atoms. The summed E-state index contributed by atoms with van der Waals surface area (Å²) in [4.78, 5) is 0. The summed E-state index contributed by atoms with van der Waals surface area (Å²) in [5.74, 6) is 0.246. The van der Waals surface area contributed by atoms with Crippen molar-refractivity contribution in [1.82, 2.24) is 0 Å². The zero-order valence-electron chi connectivity index (χ0n) is 10.0. The Morgan fingerprint density at radius 3 is 2.47 bits per heavy atom. The third-order valence-electron chi connectivity index (χ3n) is 2.50. The van der Waals surface area contributed by atoms with Crippen LogP contribution in [0.15, 0.2) is 39.3 Å². The van der Waals surface area contributed by atoms with Crippen LogP contribution < -0.4 is 15.8 Å². The van der Waals surface area contributed by atoms with Crippen LogP contribution in [0.1, 0.15) is 0 Å². The summed E-state index contributed by atoms with van der Waals surface area (Å²) in [5, 5.41) is 2.99. The molecular weight excluding hydrogens is 379 g/mol. The number of nitrogens with two attached hydrogens (primary N) is 1. The molecule has 0 heterocycles. The Bertz CT molecular complexity index is 620. The molecule has 0 saturated carbocycles. The molecule has 2 rings (SSSR count). The number of nitrogen functional groups attached to an aromatic ring is 1. The number of hydrogen-bond acceptors (Lipinski definition) is 3. The first kappa shape index (κ1) is 14.1. The van der Waals surface area contributed by atoms with E-state index in [2.05, 4.69) is 37.2 Å². The highest BCUT2D eigenvalue weighted by Gasteiger charge is 2.09. The molecule has 0 saturated heterocycles. The predicted molar refractivity (Wildman–Crippen MR) is 82.5 cm³/mol. The van der Waals surface area contributed by atoms with Gasteiger partial charge in [-0.1, -0.05) is 0 Å². The molecule has 2 aromatic rings. The lowest BCUT2D eigenvalue weighted by molar-refractivity contribution is 0.412. The number of methoxy groups -OCH3 is 1. The Morgan fingerprint density at radius 2 is 1.84 bits per heavy atom. The first-order chi connectivity index (χ1) is 9.01. The lowest BCUT2D eigenvalue weighted by Gasteiger charge is -2.12. The van der Waals surface area contributed by atoms with Crippen molar-refractivity contribution >= 4 is 48.9 Å². The average Bonchev–Trinajstić information content (AvgIpc) is 2.35. The molecule has 0 aromatic heterocycles. The second-order valence-electron chi connectivity index (χ2n) is 3.83. The minimum atomic E-state index is -0.409. The van der Waals surface area contributed by atoms with Gasteiger partial charge in [0, 0.05) is 16.2 Å². The van der Waals surface area contributed by atoms with Crippen molar-refractivity contribution in [1.29, 1.82) is 0 Å². The summed E-state index contributed by atoms with van der Waals surface area (Å²) < 4.78 is 20.5. The molecule has 0 aliphatic heterocycles. The van der Waals surface area contributed by atoms with E-state index in [1.165, 1.54) is 6.07 Å². The lowest BCUT2D eigenvalue weighted by atomic mass is 10.2. The van der Waals surface area contributed by atoms with Crippen LogP contribution in [0.2, 0.25) is 0 Å². The van der Waals surface area contributed by atoms with E-state index >= 15 is 0 Å². The first-order valence-electron chi connectivity index (χ1n) is 5.36. The molecule has 0 radical (unpaired) electrons. The quantitative estimate of drug-likeness (QED) is 0.749. The molecule has 0 bridgehead atoms. The van der Waals surface area contributed by atoms with Crippen LogP contribution in [0.5, 0.6) is 5.75 Å². The Morgan fingerprint density at radius 1 is 1.11 bits per heavy atom. The normalized spacial score (nSPS) is 10.3. The second-order valence-corrected chi connectivity index (χ2v) is 5.54. The highest BCUT2D eigenvalue weighted by Crippen LogP contribution is 2.36. The van der Waals surface area contributed by atoms with Crippen LogP contribution in [0.25, 0.3) is 0 Å². The van der Waals surface area contributed by atoms with Crippen molar-refractivity contribution in [2.45, 2.75) is 0 Å². The number of halogens is 3. The van der Waals surface area contributed by atoms with Crippen molar-refractivity contribution in [3.05, 3.63) is 45.1 Å². The summed E-state index contributed by atoms with van der Waals surface area (Å²) in [5.41, 5.74) is 6.94. The van der Waals surface area contributed by atoms with Gasteiger partial charge in [-0.25, -0.2) is 4.39 Å². The fourth-order valence-electron chi connectivity index (χ4n) is 1.56. The second kappa shape index (κ2) is 5.79. The van der Waals surface area contributed by atoms with Crippen LogP contribution >= 0.6 is 31.9 Å². The van der Waals surface area contributed by atoms with E-state index in [0.717, 1.165) is 8.95 Å². The first-order valence-corrected chi connectivity index (χ1v) is 6.95. The molecule has 0 atom stereocenters. The van der Waals surface area contributed by atoms with E-state index in [4.69, 9.17) is 10.5 Å². The third-order valence-corrected chi connectivity index (χ3v) is 3.78. The Kier molecular flexibility index (Phi) is 4.31. The highest BCUT2D eigenvalue weighted by molar-refractivity contribution is 9.11. The van der Waals surface area contributed by atoms with Gasteiger partial charge in [-0.3, -0.25) is 0 Å². The van der Waals surface area contributed by atoms with Crippen molar-refractivity contribution in [3.8, 4) is 5.75 Å². The topological polar surface area (TPSA) is 47.3 Å². The summed E-state index contributed by atoms with van der Waals surface area (Å²) in [6, 6.07) is 8.09. The van der Waals surface area contributed by atoms with Gasteiger partial charge < -0.3 is 15.8 Å². The number of benzene rings is 2. The molecule has 0 amide bonds. The molecule has 3 nitrogen and oxygen atoms in total. The van der Waals surface area contributed by atoms with E-state index in [9.17, 15) is 4.39 Å². The molecule has 6 heteroatoms. The Labute approximate surface area is 127 Å². The maximum atomic E-state index is 13.7. The SMILES string of the molecule is COc1cc(Nc2ccc(N)cc2F)c(Br)cc1Br. The fraction of sp³-hybridized carbons (Fsp3) is 0.0769. The Hall–Kier alpha value is -1.27. The van der Waals surface area contributed by atoms with Gasteiger partial charge in [-0.15, -0.1) is 0 Å². The van der Waals surface area contributed by atoms with Crippen LogP contribution in [0, 0.1) is 5.82 Å². The largest absolute Gasteiger partial charge is 0.495 e. The zero-order valence-corrected chi connectivity index (χ0v) is 13.2. The number of nitrogens with one attached hydrogen (secondary N) is 1. The van der Waals surface area contributed by atoms with Crippen molar-refractivity contribution in [3.63, 3.8) is 0 Å². The molecule has 0 aliphatic rings. The van der Waals surface area contributed by atoms with Gasteiger partial charge in [0.2, 0.25) is 0 Å². The van der Waals surface area contributed by atoms with E-state index in [0.29, 0.717) is 22.8 Å². The number of rotatable bonds is 3. The summed E-state index contributed by atoms with van der Waals surface area (Å²) in [6.07, 6.45) is 0. The van der Waals surface area contributed by atoms with Crippen LogP contribution in [-0.4, -0.2) is 7.11 Å². The fourth-order valence-corrected chi connectivity index (χ4v) is 2.81. The van der Waals surface area contributed by atoms with Crippen molar-refractivity contribution < 1.29 is 9.13 Å². The summed E-state index contributed by atoms with van der Waals surface area (Å²) >= 11 is 6.79. The highest BCUT2D eigenvalue weighted by atomic mass is 79.9. The van der Waals surface area contributed by atoms with Gasteiger partial charge in [0.05, 0.1) is 23.0 Å². The van der Waals surface area contributed by atoms with Gasteiger partial charge in [-0.05, 0) is 56.1 Å². The van der Waals surface area contributed by atoms with E-state index < -0.39 is 5.82 Å². The number of ether oxygens (including phenoxy) is 1. The van der Waals surface area contributed by atoms with E-state index in [1.807, 2.05) is 6.07 Å². The maximum Gasteiger partial charge on any atom is 0.148 e. The van der Waals surface area contributed by atoms with Crippen LogP contribution in [0.4, 0.5) is 21.5 Å². The van der Waals surface area contributed by atoms with E-state index in [-0.39, 0.29) is 0 Å². The Balaban J connectivity index is 2.37. The lowest BCUT2D eigenvalue weighted by Crippen LogP contribution is -1.97. The molecule has 0 aliphatic carbocycles. The predicted octanol–water partition coefficient (Wildman–Crippen LogP) is 4.69. The molecule has 3 N–H and O–H groups in total. The summed E-state index contributed by atoms with van der Waals surface area (Å²) in [7, 11) is 1.57. The van der Waals surface area contributed by atoms with Gasteiger partial charge in [0.15, 0.2) is 0 Å². The monoisotopic (exact) mass is 388 g/mol. The standard InChI is InChI=1S/C13H11Br2FN2O/c1-19-13-6-12(8(14)5-9(13)15)18-11-3-2-7(17)4-10(11)16/h2-6,18H,17H2,1H3. The van der Waals surface area contributed by atoms with E-state index in [1.54, 1.807) is 25.3 Å². The maximum absolute atomic E-state index is 13.7. The smallest absolute Gasteiger partial charge is 0.148 e. The molecule has 0 fully saturated rings. The minimum Gasteiger partial charge on any atom is -0.495 e. The zero-order chi connectivity index (χ0) is 14.0. The van der Waals surface area contributed by atoms with Crippen LogP contribution in [-0.2, 0) is 0 Å². The van der Waals surface area contributed by atoms with Crippen molar-refractivity contribution in [2.24, 2.45) is 0 Å². The molecule has 100 valence electrons. The molecular formula is C13H11Br2FN2O. The minimum absolute atomic E-state index is 0.347. The van der Waals surface area contributed by atoms with Gasteiger partial charge in [0.1, 0.15) is 11.6 Å². The number of hydrogen-bond donors (Lipinski definition) is 2. The third kappa shape index (κ3) is 3.19. The molecule has 2 aromatic carbocycles. The van der Waals surface area contributed by atoms with Gasteiger partial charge >= 0.3 is 0 Å². The molecule has 19 heavy (non-hydrogen) atoms. The van der Waals surface area contributed by atoms with Gasteiger partial charge in [0.25, 0.3) is 0 Å². The number of anilines is 3. The van der Waals surface area contributed by atoms with Gasteiger partial charge in [-0.2, -0.15) is 0 Å². The van der Waals surface area contributed by atoms with Crippen molar-refractivity contribution in [2.75, 3.05) is 18.2 Å². The average molecular weight is 390 g/mol. The summed E-state index contributed by atoms with van der Waals surface area (Å²) in [6.45, 7) is 0. The molecule has 0 unspecified atom stereocenters. The van der Waals surface area contributed by atoms with Crippen LogP contribution in [0.3, 0.4) is 0 Å².